The minimum Gasteiger partial charge on any atom is -0.395 e. The van der Waals surface area contributed by atoms with Gasteiger partial charge in [0.25, 0.3) is 0 Å². The molecule has 3 heteroatoms. The van der Waals surface area contributed by atoms with Gasteiger partial charge in [-0.05, 0) is 0 Å². The molecule has 0 aliphatic rings. The first-order chi connectivity index (χ1) is 3.22. The van der Waals surface area contributed by atoms with Crippen LogP contribution in [0.3, 0.4) is 0 Å². The first-order valence-corrected chi connectivity index (χ1v) is 1.77. The fourth-order valence-electron chi connectivity index (χ4n) is 0.337. The van der Waals surface area contributed by atoms with E-state index in [1.807, 2.05) is 0 Å². The Morgan fingerprint density at radius 1 is 1.43 bits per heavy atom. The summed E-state index contributed by atoms with van der Waals surface area (Å²) in [6.07, 6.45) is 0. The Hall–Kier alpha value is -1.12. The van der Waals surface area contributed by atoms with E-state index >= 15 is 0 Å². The smallest absolute Gasteiger partial charge is 0.248 e. The minimum absolute atomic E-state index is 0.0741. The fraction of sp³-hybridized carbons (Fsp3) is 0. The molecule has 0 unspecified atom stereocenters. The molecule has 1 aromatic rings. The summed E-state index contributed by atoms with van der Waals surface area (Å²) in [6, 6.07) is 1.11. The van der Waals surface area contributed by atoms with E-state index in [9.17, 15) is 9.59 Å². The van der Waals surface area contributed by atoms with Crippen molar-refractivity contribution >= 4 is 5.69 Å². The zero-order chi connectivity index (χ0) is 5.44. The maximum absolute atomic E-state index is 10.0. The molecule has 7 heavy (non-hydrogen) atoms. The molecular weight excluding hydrogens is 94.0 g/mol. The van der Waals surface area contributed by atoms with Crippen LogP contribution in [-0.2, 0) is 0 Å². The van der Waals surface area contributed by atoms with E-state index in [2.05, 4.69) is 0 Å². The molecule has 0 saturated carbocycles. The Morgan fingerprint density at radius 2 is 2.00 bits per heavy atom. The number of anilines is 1. The van der Waals surface area contributed by atoms with Crippen molar-refractivity contribution in [1.29, 1.82) is 0 Å². The van der Waals surface area contributed by atoms with E-state index in [-0.39, 0.29) is 5.69 Å². The quantitative estimate of drug-likeness (QED) is 0.416. The van der Waals surface area contributed by atoms with Crippen LogP contribution in [0, 0.1) is 0 Å². The number of nitrogens with two attached hydrogens (primary N) is 1. The van der Waals surface area contributed by atoms with E-state index in [1.165, 1.54) is 0 Å². The summed E-state index contributed by atoms with van der Waals surface area (Å²) in [7, 11) is 0. The summed E-state index contributed by atoms with van der Waals surface area (Å²) in [4.78, 5) is 20.0. The molecule has 2 N–H and O–H groups in total. The topological polar surface area (TPSA) is 60.2 Å². The Balaban J connectivity index is 3.44. The zero-order valence-electron chi connectivity index (χ0n) is 3.47. The highest BCUT2D eigenvalue weighted by molar-refractivity contribution is 5.41. The molecule has 0 bridgehead atoms. The molecule has 0 heterocycles. The number of hydrogen-bond donors (Lipinski definition) is 1. The first kappa shape index (κ1) is 4.05. The van der Waals surface area contributed by atoms with Crippen LogP contribution in [0.1, 0.15) is 0 Å². The average molecular weight is 97.1 g/mol. The lowest BCUT2D eigenvalue weighted by Crippen LogP contribution is -2.31. The van der Waals surface area contributed by atoms with Crippen LogP contribution in [0.15, 0.2) is 15.7 Å². The molecule has 0 aromatic heterocycles. The predicted octanol–water partition coefficient (Wildman–Crippen LogP) is -1.14. The summed E-state index contributed by atoms with van der Waals surface area (Å²) in [6.45, 7) is 0. The summed E-state index contributed by atoms with van der Waals surface area (Å²) < 4.78 is 0. The molecule has 0 aliphatic heterocycles. The van der Waals surface area contributed by atoms with E-state index in [1.54, 1.807) is 0 Å². The van der Waals surface area contributed by atoms with Gasteiger partial charge < -0.3 is 5.73 Å². The summed E-state index contributed by atoms with van der Waals surface area (Å²) in [5, 5.41) is 0. The lowest BCUT2D eigenvalue weighted by Gasteiger charge is -1.85. The standard InChI is InChI=1S/C4H3NO2/c5-2-1-3(6)4(2)7/h1H,5H2. The summed E-state index contributed by atoms with van der Waals surface area (Å²) in [5.74, 6) is 0. The maximum atomic E-state index is 10.0. The normalized spacial score (nSPS) is 9.71. The molecule has 0 saturated heterocycles. The monoisotopic (exact) mass is 97.0 g/mol. The van der Waals surface area contributed by atoms with Gasteiger partial charge in [-0.1, -0.05) is 0 Å². The summed E-state index contributed by atoms with van der Waals surface area (Å²) in [5.41, 5.74) is 3.93. The molecule has 1 rings (SSSR count). The van der Waals surface area contributed by atoms with Crippen LogP contribution in [0.4, 0.5) is 5.69 Å². The van der Waals surface area contributed by atoms with Crippen LogP contribution < -0.4 is 16.6 Å². The first-order valence-electron chi connectivity index (χ1n) is 1.77. The molecule has 36 valence electrons. The molecule has 0 spiro atoms. The Kier molecular flexibility index (Phi) is 0.539. The predicted molar refractivity (Wildman–Crippen MR) is 25.8 cm³/mol. The Bertz CT molecular complexity index is 243. The molecule has 0 fully saturated rings. The summed E-state index contributed by atoms with van der Waals surface area (Å²) >= 11 is 0. The van der Waals surface area contributed by atoms with Gasteiger partial charge in [0.1, 0.15) is 0 Å². The van der Waals surface area contributed by atoms with Crippen molar-refractivity contribution < 1.29 is 0 Å². The third kappa shape index (κ3) is 0.342. The van der Waals surface area contributed by atoms with Crippen LogP contribution >= 0.6 is 0 Å². The number of rotatable bonds is 0. The largest absolute Gasteiger partial charge is 0.395 e. The van der Waals surface area contributed by atoms with Gasteiger partial charge in [-0.3, -0.25) is 9.59 Å². The zero-order valence-corrected chi connectivity index (χ0v) is 3.47. The van der Waals surface area contributed by atoms with Crippen molar-refractivity contribution in [2.75, 3.05) is 5.73 Å². The van der Waals surface area contributed by atoms with E-state index in [0.717, 1.165) is 6.07 Å². The van der Waals surface area contributed by atoms with E-state index < -0.39 is 10.9 Å². The van der Waals surface area contributed by atoms with Crippen LogP contribution in [-0.4, -0.2) is 0 Å². The van der Waals surface area contributed by atoms with Gasteiger partial charge in [-0.15, -0.1) is 0 Å². The third-order valence-corrected chi connectivity index (χ3v) is 0.773. The molecular formula is C4H3NO2. The molecule has 1 aromatic carbocycles. The van der Waals surface area contributed by atoms with Crippen molar-refractivity contribution in [1.82, 2.24) is 0 Å². The van der Waals surface area contributed by atoms with E-state index in [0.29, 0.717) is 0 Å². The Morgan fingerprint density at radius 3 is 2.00 bits per heavy atom. The van der Waals surface area contributed by atoms with Gasteiger partial charge in [0, 0.05) is 6.07 Å². The molecule has 0 atom stereocenters. The minimum atomic E-state index is -0.556. The highest BCUT2D eigenvalue weighted by atomic mass is 16.2. The SMILES string of the molecule is Nc1cc(=O)c1=O. The third-order valence-electron chi connectivity index (χ3n) is 0.773. The van der Waals surface area contributed by atoms with Gasteiger partial charge in [0.2, 0.25) is 10.9 Å². The molecule has 0 radical (unpaired) electrons. The van der Waals surface area contributed by atoms with Gasteiger partial charge in [-0.25, -0.2) is 0 Å². The second-order valence-electron chi connectivity index (χ2n) is 1.29. The highest BCUT2D eigenvalue weighted by Gasteiger charge is 2.01. The van der Waals surface area contributed by atoms with Crippen LogP contribution in [0.2, 0.25) is 0 Å². The Labute approximate surface area is 39.1 Å². The number of nitrogen functional groups attached to an aromatic ring is 1. The maximum Gasteiger partial charge on any atom is 0.248 e. The average Bonchev–Trinajstić information content (AvgIpc) is 1.68. The van der Waals surface area contributed by atoms with Crippen molar-refractivity contribution in [2.24, 2.45) is 0 Å². The second kappa shape index (κ2) is 0.932. The van der Waals surface area contributed by atoms with Gasteiger partial charge in [0.15, 0.2) is 0 Å². The molecule has 0 amide bonds. The van der Waals surface area contributed by atoms with E-state index in [4.69, 9.17) is 5.73 Å². The number of hydrogen-bond acceptors (Lipinski definition) is 3. The van der Waals surface area contributed by atoms with Crippen molar-refractivity contribution in [3.63, 3.8) is 0 Å². The van der Waals surface area contributed by atoms with Gasteiger partial charge in [-0.2, -0.15) is 0 Å². The van der Waals surface area contributed by atoms with Crippen molar-refractivity contribution in [3.8, 4) is 0 Å². The second-order valence-corrected chi connectivity index (χ2v) is 1.29. The lowest BCUT2D eigenvalue weighted by molar-refractivity contribution is 1.43. The van der Waals surface area contributed by atoms with Gasteiger partial charge in [0.05, 0.1) is 5.69 Å². The van der Waals surface area contributed by atoms with Crippen LogP contribution in [0.25, 0.3) is 0 Å². The van der Waals surface area contributed by atoms with Crippen molar-refractivity contribution in [3.05, 3.63) is 26.5 Å². The van der Waals surface area contributed by atoms with Crippen LogP contribution in [0.5, 0.6) is 0 Å². The molecule has 3 nitrogen and oxygen atoms in total. The fourth-order valence-corrected chi connectivity index (χ4v) is 0.337. The lowest BCUT2D eigenvalue weighted by atomic mass is 10.3. The van der Waals surface area contributed by atoms with Gasteiger partial charge >= 0.3 is 0 Å². The highest BCUT2D eigenvalue weighted by Crippen LogP contribution is 1.81. The molecule has 0 aliphatic carbocycles. The van der Waals surface area contributed by atoms with Crippen molar-refractivity contribution in [2.45, 2.75) is 0 Å².